The number of carbonyl (C=O) groups is 1. The SMILES string of the molecule is COCCN(Cc1ccccc1)C(=O)c1cc2ccc(OC)cc2[nH]1. The van der Waals surface area contributed by atoms with Gasteiger partial charge in [0.15, 0.2) is 0 Å². The highest BCUT2D eigenvalue weighted by molar-refractivity contribution is 5.98. The van der Waals surface area contributed by atoms with Crippen molar-refractivity contribution in [3.05, 3.63) is 65.9 Å². The molecule has 1 amide bonds. The van der Waals surface area contributed by atoms with Crippen molar-refractivity contribution in [3.63, 3.8) is 0 Å². The third-order valence-electron chi connectivity index (χ3n) is 4.13. The lowest BCUT2D eigenvalue weighted by atomic mass is 10.2. The van der Waals surface area contributed by atoms with E-state index in [1.807, 2.05) is 54.6 Å². The van der Waals surface area contributed by atoms with E-state index < -0.39 is 0 Å². The molecule has 5 nitrogen and oxygen atoms in total. The molecule has 0 aliphatic heterocycles. The molecule has 1 heterocycles. The number of ether oxygens (including phenoxy) is 2. The first-order chi connectivity index (χ1) is 12.2. The average molecular weight is 338 g/mol. The number of carbonyl (C=O) groups excluding carboxylic acids is 1. The molecule has 130 valence electrons. The zero-order valence-electron chi connectivity index (χ0n) is 14.5. The van der Waals surface area contributed by atoms with E-state index in [0.717, 1.165) is 22.2 Å². The number of aromatic amines is 1. The van der Waals surface area contributed by atoms with Crippen LogP contribution < -0.4 is 4.74 Å². The van der Waals surface area contributed by atoms with Gasteiger partial charge in [0.2, 0.25) is 0 Å². The van der Waals surface area contributed by atoms with Gasteiger partial charge in [0.25, 0.3) is 5.91 Å². The monoisotopic (exact) mass is 338 g/mol. The zero-order chi connectivity index (χ0) is 17.6. The normalized spacial score (nSPS) is 10.8. The third kappa shape index (κ3) is 4.00. The van der Waals surface area contributed by atoms with Crippen molar-refractivity contribution in [1.29, 1.82) is 0 Å². The van der Waals surface area contributed by atoms with Crippen LogP contribution in [0.1, 0.15) is 16.1 Å². The standard InChI is InChI=1S/C20H22N2O3/c1-24-11-10-22(14-15-6-4-3-5-7-15)20(23)19-12-16-8-9-17(25-2)13-18(16)21-19/h3-9,12-13,21H,10-11,14H2,1-2H3. The van der Waals surface area contributed by atoms with Crippen molar-refractivity contribution in [1.82, 2.24) is 9.88 Å². The first-order valence-electron chi connectivity index (χ1n) is 8.20. The molecule has 0 bridgehead atoms. The molecule has 0 atom stereocenters. The van der Waals surface area contributed by atoms with Gasteiger partial charge in [-0.15, -0.1) is 0 Å². The van der Waals surface area contributed by atoms with Crippen molar-refractivity contribution in [2.75, 3.05) is 27.4 Å². The summed E-state index contributed by atoms with van der Waals surface area (Å²) in [4.78, 5) is 18.0. The van der Waals surface area contributed by atoms with E-state index in [1.165, 1.54) is 0 Å². The molecule has 2 aromatic carbocycles. The topological polar surface area (TPSA) is 54.6 Å². The molecular weight excluding hydrogens is 316 g/mol. The number of nitrogens with one attached hydrogen (secondary N) is 1. The van der Waals surface area contributed by atoms with Crippen LogP contribution in [0.5, 0.6) is 5.75 Å². The Labute approximate surface area is 147 Å². The number of hydrogen-bond acceptors (Lipinski definition) is 3. The molecule has 25 heavy (non-hydrogen) atoms. The molecule has 0 saturated heterocycles. The first-order valence-corrected chi connectivity index (χ1v) is 8.20. The first kappa shape index (κ1) is 17.0. The summed E-state index contributed by atoms with van der Waals surface area (Å²) in [5.41, 5.74) is 2.54. The van der Waals surface area contributed by atoms with Crippen LogP contribution in [0.15, 0.2) is 54.6 Å². The van der Waals surface area contributed by atoms with Crippen LogP contribution in [0.2, 0.25) is 0 Å². The second kappa shape index (κ2) is 7.85. The lowest BCUT2D eigenvalue weighted by Gasteiger charge is -2.22. The lowest BCUT2D eigenvalue weighted by Crippen LogP contribution is -2.33. The molecule has 0 radical (unpaired) electrons. The van der Waals surface area contributed by atoms with Crippen molar-refractivity contribution >= 4 is 16.8 Å². The smallest absolute Gasteiger partial charge is 0.270 e. The molecule has 0 aliphatic carbocycles. The second-order valence-electron chi connectivity index (χ2n) is 5.84. The van der Waals surface area contributed by atoms with Gasteiger partial charge in [0.05, 0.1) is 13.7 Å². The molecule has 3 aromatic rings. The van der Waals surface area contributed by atoms with E-state index in [2.05, 4.69) is 4.98 Å². The Kier molecular flexibility index (Phi) is 5.36. The largest absolute Gasteiger partial charge is 0.497 e. The highest BCUT2D eigenvalue weighted by Gasteiger charge is 2.18. The van der Waals surface area contributed by atoms with Gasteiger partial charge in [-0.05, 0) is 23.8 Å². The van der Waals surface area contributed by atoms with E-state index >= 15 is 0 Å². The number of methoxy groups -OCH3 is 2. The van der Waals surface area contributed by atoms with Gasteiger partial charge < -0.3 is 19.4 Å². The van der Waals surface area contributed by atoms with Crippen LogP contribution >= 0.6 is 0 Å². The summed E-state index contributed by atoms with van der Waals surface area (Å²) < 4.78 is 10.4. The Hall–Kier alpha value is -2.79. The summed E-state index contributed by atoms with van der Waals surface area (Å²) >= 11 is 0. The van der Waals surface area contributed by atoms with Gasteiger partial charge in [0.1, 0.15) is 11.4 Å². The third-order valence-corrected chi connectivity index (χ3v) is 4.13. The van der Waals surface area contributed by atoms with E-state index in [9.17, 15) is 4.79 Å². The molecule has 3 rings (SSSR count). The molecule has 0 fully saturated rings. The maximum absolute atomic E-state index is 13.0. The van der Waals surface area contributed by atoms with E-state index in [1.54, 1.807) is 19.1 Å². The maximum atomic E-state index is 13.0. The zero-order valence-corrected chi connectivity index (χ0v) is 14.5. The number of aromatic nitrogens is 1. The number of fused-ring (bicyclic) bond motifs is 1. The minimum Gasteiger partial charge on any atom is -0.497 e. The van der Waals surface area contributed by atoms with Gasteiger partial charge in [-0.2, -0.15) is 0 Å². The van der Waals surface area contributed by atoms with Crippen LogP contribution in [0.25, 0.3) is 10.9 Å². The van der Waals surface area contributed by atoms with Crippen molar-refractivity contribution in [3.8, 4) is 5.75 Å². The fourth-order valence-corrected chi connectivity index (χ4v) is 2.78. The van der Waals surface area contributed by atoms with Gasteiger partial charge in [-0.25, -0.2) is 0 Å². The number of rotatable bonds is 7. The molecule has 1 aromatic heterocycles. The van der Waals surface area contributed by atoms with E-state index in [0.29, 0.717) is 25.4 Å². The minimum atomic E-state index is -0.0453. The summed E-state index contributed by atoms with van der Waals surface area (Å²) in [7, 11) is 3.27. The summed E-state index contributed by atoms with van der Waals surface area (Å²) in [6.07, 6.45) is 0. The van der Waals surface area contributed by atoms with Crippen molar-refractivity contribution in [2.24, 2.45) is 0 Å². The number of H-pyrrole nitrogens is 1. The Morgan fingerprint density at radius 2 is 1.88 bits per heavy atom. The minimum absolute atomic E-state index is 0.0453. The van der Waals surface area contributed by atoms with E-state index in [-0.39, 0.29) is 5.91 Å². The molecule has 1 N–H and O–H groups in total. The molecule has 0 spiro atoms. The number of benzene rings is 2. The molecule has 0 saturated carbocycles. The van der Waals surface area contributed by atoms with Crippen LogP contribution in [-0.2, 0) is 11.3 Å². The Balaban J connectivity index is 1.85. The van der Waals surface area contributed by atoms with Crippen LogP contribution in [-0.4, -0.2) is 43.2 Å². The highest BCUT2D eigenvalue weighted by Crippen LogP contribution is 2.22. The van der Waals surface area contributed by atoms with Gasteiger partial charge >= 0.3 is 0 Å². The van der Waals surface area contributed by atoms with Gasteiger partial charge in [0, 0.05) is 37.2 Å². The van der Waals surface area contributed by atoms with Crippen molar-refractivity contribution < 1.29 is 14.3 Å². The number of amides is 1. The summed E-state index contributed by atoms with van der Waals surface area (Å²) in [5.74, 6) is 0.713. The maximum Gasteiger partial charge on any atom is 0.270 e. The summed E-state index contributed by atoms with van der Waals surface area (Å²) in [6.45, 7) is 1.57. The van der Waals surface area contributed by atoms with Gasteiger partial charge in [-0.3, -0.25) is 4.79 Å². The molecule has 5 heteroatoms. The Bertz CT molecular complexity index is 843. The molecule has 0 aliphatic rings. The lowest BCUT2D eigenvalue weighted by molar-refractivity contribution is 0.0675. The summed E-state index contributed by atoms with van der Waals surface area (Å²) in [5, 5.41) is 0.982. The van der Waals surface area contributed by atoms with Crippen LogP contribution in [0.4, 0.5) is 0 Å². The fraction of sp³-hybridized carbons (Fsp3) is 0.250. The highest BCUT2D eigenvalue weighted by atomic mass is 16.5. The number of nitrogens with zero attached hydrogens (tertiary/aromatic N) is 1. The van der Waals surface area contributed by atoms with E-state index in [4.69, 9.17) is 9.47 Å². The van der Waals surface area contributed by atoms with Crippen LogP contribution in [0, 0.1) is 0 Å². The van der Waals surface area contributed by atoms with Crippen LogP contribution in [0.3, 0.4) is 0 Å². The molecular formula is C20H22N2O3. The van der Waals surface area contributed by atoms with Gasteiger partial charge in [-0.1, -0.05) is 30.3 Å². The average Bonchev–Trinajstić information content (AvgIpc) is 3.08. The van der Waals surface area contributed by atoms with Crippen molar-refractivity contribution in [2.45, 2.75) is 6.54 Å². The predicted molar refractivity (Wildman–Crippen MR) is 97.9 cm³/mol. The predicted octanol–water partition coefficient (Wildman–Crippen LogP) is 3.47. The fourth-order valence-electron chi connectivity index (χ4n) is 2.78. The Morgan fingerprint density at radius 1 is 1.08 bits per heavy atom. The number of hydrogen-bond donors (Lipinski definition) is 1. The second-order valence-corrected chi connectivity index (χ2v) is 5.84. The molecule has 0 unspecified atom stereocenters. The Morgan fingerprint density at radius 3 is 2.60 bits per heavy atom. The summed E-state index contributed by atoms with van der Waals surface area (Å²) in [6, 6.07) is 17.6. The quantitative estimate of drug-likeness (QED) is 0.718.